The molecule has 0 fully saturated rings. The van der Waals surface area contributed by atoms with Crippen LogP contribution >= 0.6 is 0 Å². The fraction of sp³-hybridized carbons (Fsp3) is 0.895. The normalized spacial score (nSPS) is 12.7. The largest absolute Gasteiger partial charge is 0.381 e. The number of nitrogens with one attached hydrogen (secondary N) is 4. The summed E-state index contributed by atoms with van der Waals surface area (Å²) in [5.74, 6) is 0.677. The number of carbonyl (C=O) groups is 9. The molecule has 0 aliphatic rings. The van der Waals surface area contributed by atoms with E-state index in [1.54, 1.807) is 0 Å². The standard InChI is InChI=1S/C36H68N2O9.C28H54N2O7.C22H42O4.3B/c1-32(2,3)28(39)13-18-45-25-36(26-46-19-14-29(40)33(4,5)6,27-47-20-15-30(41)34(7,8)9)38-31(42)16-21-43-23-24-44-22-17-37-35(10,11)12;1-26(2,3)23(31)10-14-36-20-22(21-37-15-11-24(32)27(4,5)6)30-25(33)12-16-34-18-19-35-17-13-29-28(7,8)9;1-20(2,3)14-17(15-25-12-10-18(23)21(4,5)6)16-26-13-11-19(24)22(7,8)9;;;/h37H,13-27H2,1-12H3,(H,38,42);22,29H,10-21H2,1-9H3,(H,30,33);17H,10-16H2,1-9H3;;;. The van der Waals surface area contributed by atoms with E-state index in [1.807, 2.05) is 145 Å². The van der Waals surface area contributed by atoms with Crippen LogP contribution in [0.5, 0.6) is 0 Å². The van der Waals surface area contributed by atoms with Gasteiger partial charge in [-0.3, -0.25) is 43.2 Å². The summed E-state index contributed by atoms with van der Waals surface area (Å²) in [6.45, 7) is 67.2. The lowest BCUT2D eigenvalue weighted by atomic mass is 9.85. The molecule has 0 spiro atoms. The van der Waals surface area contributed by atoms with Crippen LogP contribution in [0.15, 0.2) is 0 Å². The molecule has 0 atom stereocenters. The molecule has 0 aliphatic heterocycles. The Morgan fingerprint density at radius 3 is 0.717 bits per heavy atom. The highest BCUT2D eigenvalue weighted by atomic mass is 16.5. The zero-order valence-corrected chi connectivity index (χ0v) is 77.1. The van der Waals surface area contributed by atoms with Gasteiger partial charge in [-0.2, -0.15) is 0 Å². The van der Waals surface area contributed by atoms with Gasteiger partial charge in [-0.15, -0.1) is 0 Å². The van der Waals surface area contributed by atoms with Crippen LogP contribution in [-0.4, -0.2) is 259 Å². The van der Waals surface area contributed by atoms with Gasteiger partial charge in [0.2, 0.25) is 11.8 Å². The van der Waals surface area contributed by atoms with Crippen molar-refractivity contribution in [3.05, 3.63) is 0 Å². The summed E-state index contributed by atoms with van der Waals surface area (Å²) >= 11 is 0. The third kappa shape index (κ3) is 72.1. The molecular weight excluding hydrogens is 1440 g/mol. The Bertz CT molecular complexity index is 2440. The maximum atomic E-state index is 13.2. The molecule has 0 saturated carbocycles. The van der Waals surface area contributed by atoms with Gasteiger partial charge in [-0.05, 0) is 53.4 Å². The minimum atomic E-state index is -1.12. The Labute approximate surface area is 693 Å². The second kappa shape index (κ2) is 59.9. The number of rotatable bonds is 56. The topological polar surface area (TPSA) is 303 Å². The van der Waals surface area contributed by atoms with Crippen LogP contribution < -0.4 is 21.3 Å². The molecule has 27 heteroatoms. The first kappa shape index (κ1) is 120. The molecule has 113 heavy (non-hydrogen) atoms. The van der Waals surface area contributed by atoms with Crippen molar-refractivity contribution in [1.29, 1.82) is 0 Å². The Balaban J connectivity index is -0.000000390. The number of Topliss-reactive ketones (excluding diaryl/α,β-unsaturated/α-hetero) is 7. The summed E-state index contributed by atoms with van der Waals surface area (Å²) in [4.78, 5) is 111. The number of amides is 2. The van der Waals surface area contributed by atoms with Crippen LogP contribution in [-0.2, 0) is 95.3 Å². The van der Waals surface area contributed by atoms with Gasteiger partial charge in [0.05, 0.1) is 151 Å². The highest BCUT2D eigenvalue weighted by Gasteiger charge is 2.36. The van der Waals surface area contributed by atoms with Crippen LogP contribution in [0.4, 0.5) is 0 Å². The molecule has 4 N–H and O–H groups in total. The molecule has 0 aromatic rings. The predicted octanol–water partition coefficient (Wildman–Crippen LogP) is 12.0. The predicted molar refractivity (Wildman–Crippen MR) is 455 cm³/mol. The maximum Gasteiger partial charge on any atom is 0.222 e. The van der Waals surface area contributed by atoms with E-state index in [0.717, 1.165) is 19.5 Å². The van der Waals surface area contributed by atoms with Crippen molar-refractivity contribution >= 4 is 77.5 Å². The summed E-state index contributed by atoms with van der Waals surface area (Å²) in [6.07, 6.45) is 3.45. The van der Waals surface area contributed by atoms with Gasteiger partial charge in [0.15, 0.2) is 0 Å². The van der Waals surface area contributed by atoms with Crippen molar-refractivity contribution in [3.63, 3.8) is 0 Å². The molecule has 0 rings (SSSR count). The molecule has 2 amide bonds. The van der Waals surface area contributed by atoms with Crippen LogP contribution in [0.3, 0.4) is 0 Å². The highest BCUT2D eigenvalue weighted by molar-refractivity contribution is 5.86. The molecule has 0 heterocycles. The molecule has 0 aromatic carbocycles. The van der Waals surface area contributed by atoms with E-state index in [2.05, 4.69) is 83.6 Å². The SMILES string of the molecule is CC(C)(C)CC(COCCC(=O)C(C)(C)C)COCCC(=O)C(C)(C)C.CC(C)(C)NCCOCCOCCC(=O)NC(COCCC(=O)C(C)(C)C)(COCCC(=O)C(C)(C)C)COCCC(=O)C(C)(C)C.CC(C)(C)NCCOCCOCCC(=O)NC(COCCC(=O)C(C)(C)C)COCCC(=O)C(C)(C)C.[B].[B].[B]. The summed E-state index contributed by atoms with van der Waals surface area (Å²) in [5, 5.41) is 12.6. The molecule has 0 bridgehead atoms. The Morgan fingerprint density at radius 2 is 0.478 bits per heavy atom. The first-order chi connectivity index (χ1) is 50.1. The number of ketones is 7. The number of carbonyl (C=O) groups excluding carboxylic acids is 9. The molecule has 0 aliphatic carbocycles. The Kier molecular flexibility index (Phi) is 63.7. The number of ether oxygens (including phenoxy) is 11. The zero-order valence-electron chi connectivity index (χ0n) is 77.1. The van der Waals surface area contributed by atoms with E-state index in [-0.39, 0.29) is 228 Å². The molecule has 0 unspecified atom stereocenters. The monoisotopic (exact) mass is 1610 g/mol. The number of hydrogen-bond donors (Lipinski definition) is 4. The lowest BCUT2D eigenvalue weighted by Crippen LogP contribution is -2.59. The third-order valence-corrected chi connectivity index (χ3v) is 16.8. The molecule has 9 radical (unpaired) electrons. The highest BCUT2D eigenvalue weighted by Crippen LogP contribution is 2.27. The van der Waals surface area contributed by atoms with Gasteiger partial charge >= 0.3 is 0 Å². The van der Waals surface area contributed by atoms with Gasteiger partial charge in [0.1, 0.15) is 46.0 Å². The van der Waals surface area contributed by atoms with Crippen molar-refractivity contribution in [3.8, 4) is 0 Å². The van der Waals surface area contributed by atoms with Gasteiger partial charge < -0.3 is 73.4 Å². The van der Waals surface area contributed by atoms with E-state index in [1.165, 1.54) is 0 Å². The molecule has 657 valence electrons. The fourth-order valence-corrected chi connectivity index (χ4v) is 9.56. The molecule has 0 aromatic heterocycles. The smallest absolute Gasteiger partial charge is 0.222 e. The van der Waals surface area contributed by atoms with E-state index in [9.17, 15) is 43.2 Å². The first-order valence-electron chi connectivity index (χ1n) is 40.3. The second-order valence-electron chi connectivity index (χ2n) is 39.4. The summed E-state index contributed by atoms with van der Waals surface area (Å²) in [5.41, 5.74) is -3.76. The van der Waals surface area contributed by atoms with Gasteiger partial charge in [-0.25, -0.2) is 0 Å². The van der Waals surface area contributed by atoms with Crippen molar-refractivity contribution < 1.29 is 95.3 Å². The molecular formula is C86H164B3N4O20. The average molecular weight is 1610 g/mol. The van der Waals surface area contributed by atoms with Crippen molar-refractivity contribution in [2.24, 2.45) is 49.2 Å². The van der Waals surface area contributed by atoms with E-state index >= 15 is 0 Å². The van der Waals surface area contributed by atoms with Crippen LogP contribution in [0.25, 0.3) is 0 Å². The van der Waals surface area contributed by atoms with Crippen LogP contribution in [0, 0.1) is 49.2 Å². The lowest BCUT2D eigenvalue weighted by molar-refractivity contribution is -0.133. The minimum Gasteiger partial charge on any atom is -0.381 e. The summed E-state index contributed by atoms with van der Waals surface area (Å²) in [6, 6.07) is -0.388. The molecule has 24 nitrogen and oxygen atoms in total. The Hall–Kier alpha value is -3.70. The fourth-order valence-electron chi connectivity index (χ4n) is 9.56. The van der Waals surface area contributed by atoms with Crippen molar-refractivity contribution in [1.82, 2.24) is 21.3 Å². The van der Waals surface area contributed by atoms with Gasteiger partial charge in [0, 0.05) is 151 Å². The average Bonchev–Trinajstić information content (AvgIpc) is 0.847. The van der Waals surface area contributed by atoms with Crippen molar-refractivity contribution in [2.75, 3.05) is 158 Å². The van der Waals surface area contributed by atoms with Gasteiger partial charge in [0.25, 0.3) is 0 Å². The van der Waals surface area contributed by atoms with E-state index in [0.29, 0.717) is 91.8 Å². The second-order valence-corrected chi connectivity index (χ2v) is 39.4. The zero-order chi connectivity index (χ0) is 85.5. The van der Waals surface area contributed by atoms with Crippen LogP contribution in [0.2, 0.25) is 0 Å². The van der Waals surface area contributed by atoms with E-state index < -0.39 is 32.6 Å². The van der Waals surface area contributed by atoms with Crippen molar-refractivity contribution in [2.45, 2.75) is 295 Å². The first-order valence-corrected chi connectivity index (χ1v) is 40.3. The molecule has 0 saturated heterocycles. The Morgan fingerprint density at radius 1 is 0.257 bits per heavy atom. The summed E-state index contributed by atoms with van der Waals surface area (Å²) < 4.78 is 63.0. The van der Waals surface area contributed by atoms with Gasteiger partial charge in [-0.1, -0.05) is 166 Å². The van der Waals surface area contributed by atoms with E-state index in [4.69, 9.17) is 52.1 Å². The quantitative estimate of drug-likeness (QED) is 0.0325. The number of hydrogen-bond acceptors (Lipinski definition) is 22. The maximum absolute atomic E-state index is 13.2. The van der Waals surface area contributed by atoms with Crippen LogP contribution in [0.1, 0.15) is 272 Å². The third-order valence-electron chi connectivity index (χ3n) is 16.8. The lowest BCUT2D eigenvalue weighted by Gasteiger charge is -2.34. The summed E-state index contributed by atoms with van der Waals surface area (Å²) in [7, 11) is 0. The minimum absolute atomic E-state index is 0.